The number of benzene rings is 2. The Kier molecular flexibility index (Phi) is 5.53. The molecule has 0 N–H and O–H groups in total. The van der Waals surface area contributed by atoms with Crippen molar-refractivity contribution in [3.05, 3.63) is 69.7 Å². The van der Waals surface area contributed by atoms with Crippen LogP contribution in [0.2, 0.25) is 0 Å². The molecule has 110 valence electrons. The van der Waals surface area contributed by atoms with E-state index in [-0.39, 0.29) is 5.91 Å². The number of carbonyl (C=O) groups excluding carboxylic acids is 1. The first-order valence-corrected chi connectivity index (χ1v) is 7.47. The predicted octanol–water partition coefficient (Wildman–Crippen LogP) is 3.87. The number of ether oxygens (including phenoxy) is 1. The first-order chi connectivity index (χ1) is 10.1. The van der Waals surface area contributed by atoms with Gasteiger partial charge in [-0.1, -0.05) is 40.2 Å². The van der Waals surface area contributed by atoms with E-state index in [1.165, 1.54) is 0 Å². The van der Waals surface area contributed by atoms with Crippen LogP contribution in [0.4, 0.5) is 0 Å². The van der Waals surface area contributed by atoms with Crippen LogP contribution in [-0.4, -0.2) is 25.0 Å². The maximum absolute atomic E-state index is 12.4. The first kappa shape index (κ1) is 15.7. The largest absolute Gasteiger partial charge is 0.380 e. The summed E-state index contributed by atoms with van der Waals surface area (Å²) in [6, 6.07) is 15.5. The van der Waals surface area contributed by atoms with Crippen molar-refractivity contribution in [2.24, 2.45) is 0 Å². The van der Waals surface area contributed by atoms with E-state index in [2.05, 4.69) is 15.9 Å². The molecule has 0 fully saturated rings. The molecule has 0 spiro atoms. The van der Waals surface area contributed by atoms with Gasteiger partial charge in [-0.15, -0.1) is 0 Å². The summed E-state index contributed by atoms with van der Waals surface area (Å²) >= 11 is 3.41. The maximum atomic E-state index is 12.4. The van der Waals surface area contributed by atoms with Crippen LogP contribution >= 0.6 is 15.9 Å². The minimum Gasteiger partial charge on any atom is -0.380 e. The zero-order valence-electron chi connectivity index (χ0n) is 12.2. The van der Waals surface area contributed by atoms with Gasteiger partial charge in [-0.25, -0.2) is 0 Å². The highest BCUT2D eigenvalue weighted by molar-refractivity contribution is 9.10. The monoisotopic (exact) mass is 347 g/mol. The summed E-state index contributed by atoms with van der Waals surface area (Å²) in [6.45, 7) is 1.15. The Bertz CT molecular complexity index is 593. The predicted molar refractivity (Wildman–Crippen MR) is 87.1 cm³/mol. The second-order valence-electron chi connectivity index (χ2n) is 4.92. The molecule has 2 aromatic carbocycles. The highest BCUT2D eigenvalue weighted by Crippen LogP contribution is 2.13. The third kappa shape index (κ3) is 4.41. The van der Waals surface area contributed by atoms with Gasteiger partial charge >= 0.3 is 0 Å². The number of amides is 1. The van der Waals surface area contributed by atoms with Gasteiger partial charge < -0.3 is 9.64 Å². The molecule has 0 aliphatic rings. The SMILES string of the molecule is COCc1ccc(C(=O)N(C)Cc2ccc(Br)cc2)cc1. The fraction of sp³-hybridized carbons (Fsp3) is 0.235. The average Bonchev–Trinajstić information content (AvgIpc) is 2.50. The van der Waals surface area contributed by atoms with E-state index < -0.39 is 0 Å². The van der Waals surface area contributed by atoms with Crippen LogP contribution in [0, 0.1) is 0 Å². The van der Waals surface area contributed by atoms with E-state index in [0.717, 1.165) is 15.6 Å². The van der Waals surface area contributed by atoms with Crippen LogP contribution in [0.5, 0.6) is 0 Å². The van der Waals surface area contributed by atoms with Gasteiger partial charge in [-0.3, -0.25) is 4.79 Å². The Morgan fingerprint density at radius 3 is 2.19 bits per heavy atom. The highest BCUT2D eigenvalue weighted by Gasteiger charge is 2.11. The van der Waals surface area contributed by atoms with Gasteiger partial charge in [0.2, 0.25) is 0 Å². The number of halogens is 1. The molecule has 2 aromatic rings. The van der Waals surface area contributed by atoms with Crippen molar-refractivity contribution in [2.45, 2.75) is 13.2 Å². The highest BCUT2D eigenvalue weighted by atomic mass is 79.9. The minimum absolute atomic E-state index is 0.0156. The van der Waals surface area contributed by atoms with Crippen molar-refractivity contribution in [1.29, 1.82) is 0 Å². The molecule has 0 bridgehead atoms. The van der Waals surface area contributed by atoms with Gasteiger partial charge in [0.25, 0.3) is 5.91 Å². The number of hydrogen-bond donors (Lipinski definition) is 0. The Morgan fingerprint density at radius 1 is 1.05 bits per heavy atom. The third-order valence-electron chi connectivity index (χ3n) is 3.19. The topological polar surface area (TPSA) is 29.5 Å². The Balaban J connectivity index is 2.02. The quantitative estimate of drug-likeness (QED) is 0.821. The van der Waals surface area contributed by atoms with E-state index in [4.69, 9.17) is 4.74 Å². The molecular weight excluding hydrogens is 330 g/mol. The van der Waals surface area contributed by atoms with Crippen LogP contribution in [0.3, 0.4) is 0 Å². The summed E-state index contributed by atoms with van der Waals surface area (Å²) in [5, 5.41) is 0. The molecule has 0 heterocycles. The van der Waals surface area contributed by atoms with E-state index in [1.54, 1.807) is 12.0 Å². The number of hydrogen-bond acceptors (Lipinski definition) is 2. The van der Waals surface area contributed by atoms with Gasteiger partial charge in [0.15, 0.2) is 0 Å². The number of carbonyl (C=O) groups is 1. The molecule has 3 nitrogen and oxygen atoms in total. The van der Waals surface area contributed by atoms with E-state index in [0.29, 0.717) is 18.7 Å². The molecule has 0 saturated carbocycles. The van der Waals surface area contributed by atoms with Gasteiger partial charge in [0.1, 0.15) is 0 Å². The Morgan fingerprint density at radius 2 is 1.62 bits per heavy atom. The maximum Gasteiger partial charge on any atom is 0.253 e. The molecule has 0 radical (unpaired) electrons. The second-order valence-corrected chi connectivity index (χ2v) is 5.83. The summed E-state index contributed by atoms with van der Waals surface area (Å²) < 4.78 is 6.10. The van der Waals surface area contributed by atoms with E-state index >= 15 is 0 Å². The Hall–Kier alpha value is -1.65. The van der Waals surface area contributed by atoms with Crippen molar-refractivity contribution in [2.75, 3.05) is 14.2 Å². The van der Waals surface area contributed by atoms with Crippen molar-refractivity contribution in [1.82, 2.24) is 4.90 Å². The van der Waals surface area contributed by atoms with Crippen molar-refractivity contribution < 1.29 is 9.53 Å². The molecule has 0 aromatic heterocycles. The summed E-state index contributed by atoms with van der Waals surface area (Å²) in [4.78, 5) is 14.1. The van der Waals surface area contributed by atoms with Crippen LogP contribution in [0.25, 0.3) is 0 Å². The molecule has 21 heavy (non-hydrogen) atoms. The first-order valence-electron chi connectivity index (χ1n) is 6.68. The lowest BCUT2D eigenvalue weighted by atomic mass is 10.1. The summed E-state index contributed by atoms with van der Waals surface area (Å²) in [5.74, 6) is 0.0156. The number of rotatable bonds is 5. The zero-order valence-corrected chi connectivity index (χ0v) is 13.8. The fourth-order valence-corrected chi connectivity index (χ4v) is 2.33. The van der Waals surface area contributed by atoms with Crippen LogP contribution in [-0.2, 0) is 17.9 Å². The van der Waals surface area contributed by atoms with Crippen LogP contribution in [0.1, 0.15) is 21.5 Å². The van der Waals surface area contributed by atoms with E-state index in [9.17, 15) is 4.79 Å². The molecule has 1 amide bonds. The van der Waals surface area contributed by atoms with Gasteiger partial charge in [-0.2, -0.15) is 0 Å². The van der Waals surface area contributed by atoms with Crippen molar-refractivity contribution in [3.8, 4) is 0 Å². The smallest absolute Gasteiger partial charge is 0.253 e. The van der Waals surface area contributed by atoms with Crippen LogP contribution < -0.4 is 0 Å². The lowest BCUT2D eigenvalue weighted by Crippen LogP contribution is -2.26. The van der Waals surface area contributed by atoms with Gasteiger partial charge in [0.05, 0.1) is 6.61 Å². The lowest BCUT2D eigenvalue weighted by Gasteiger charge is -2.17. The lowest BCUT2D eigenvalue weighted by molar-refractivity contribution is 0.0785. The van der Waals surface area contributed by atoms with Crippen molar-refractivity contribution in [3.63, 3.8) is 0 Å². The molecule has 0 atom stereocenters. The molecule has 4 heteroatoms. The van der Waals surface area contributed by atoms with Gasteiger partial charge in [0, 0.05) is 30.7 Å². The van der Waals surface area contributed by atoms with E-state index in [1.807, 2.05) is 55.6 Å². The fourth-order valence-electron chi connectivity index (χ4n) is 2.07. The van der Waals surface area contributed by atoms with Crippen molar-refractivity contribution >= 4 is 21.8 Å². The molecule has 0 unspecified atom stereocenters. The molecule has 0 aliphatic heterocycles. The summed E-state index contributed by atoms with van der Waals surface area (Å²) in [6.07, 6.45) is 0. The molecule has 0 aliphatic carbocycles. The molecule has 0 saturated heterocycles. The number of methoxy groups -OCH3 is 1. The van der Waals surface area contributed by atoms with Crippen LogP contribution in [0.15, 0.2) is 53.0 Å². The Labute approximate surface area is 133 Å². The van der Waals surface area contributed by atoms with Gasteiger partial charge in [-0.05, 0) is 35.4 Å². The molecular formula is C17H18BrNO2. The number of nitrogens with zero attached hydrogens (tertiary/aromatic N) is 1. The third-order valence-corrected chi connectivity index (χ3v) is 3.72. The standard InChI is InChI=1S/C17H18BrNO2/c1-19(11-13-5-9-16(18)10-6-13)17(20)15-7-3-14(4-8-15)12-21-2/h3-10H,11-12H2,1-2H3. The average molecular weight is 348 g/mol. The minimum atomic E-state index is 0.0156. The normalized spacial score (nSPS) is 10.4. The second kappa shape index (κ2) is 7.38. The summed E-state index contributed by atoms with van der Waals surface area (Å²) in [7, 11) is 3.47. The molecule has 2 rings (SSSR count). The zero-order chi connectivity index (χ0) is 15.2. The summed E-state index contributed by atoms with van der Waals surface area (Å²) in [5.41, 5.74) is 2.85.